The van der Waals surface area contributed by atoms with Crippen molar-refractivity contribution < 1.29 is 4.21 Å². The minimum Gasteiger partial charge on any atom is -0.323 e. The van der Waals surface area contributed by atoms with Crippen LogP contribution in [0, 0.1) is 6.92 Å². The first-order valence-corrected chi connectivity index (χ1v) is 7.25. The summed E-state index contributed by atoms with van der Waals surface area (Å²) in [4.78, 5) is 0.835. The highest BCUT2D eigenvalue weighted by molar-refractivity contribution is 7.85. The predicted molar refractivity (Wildman–Crippen MR) is 75.8 cm³/mol. The van der Waals surface area contributed by atoms with Gasteiger partial charge in [-0.15, -0.1) is 0 Å². The van der Waals surface area contributed by atoms with Crippen LogP contribution in [0.2, 0.25) is 0 Å². The molecule has 2 rings (SSSR count). The number of rotatable bonds is 4. The molecule has 0 saturated carbocycles. The summed E-state index contributed by atoms with van der Waals surface area (Å²) in [6.07, 6.45) is 0. The molecule has 0 saturated heterocycles. The van der Waals surface area contributed by atoms with Crippen molar-refractivity contribution >= 4 is 10.8 Å². The molecule has 2 unspecified atom stereocenters. The summed E-state index contributed by atoms with van der Waals surface area (Å²) in [5.74, 6) is 0.453. The fourth-order valence-electron chi connectivity index (χ4n) is 1.92. The molecule has 94 valence electrons. The molecule has 0 fully saturated rings. The Labute approximate surface area is 110 Å². The normalized spacial score (nSPS) is 14.1. The maximum absolute atomic E-state index is 12.2. The minimum atomic E-state index is -1.05. The van der Waals surface area contributed by atoms with Gasteiger partial charge in [0.1, 0.15) is 0 Å². The fourth-order valence-corrected chi connectivity index (χ4v) is 3.08. The molecule has 0 aliphatic carbocycles. The molecule has 2 aromatic rings. The van der Waals surface area contributed by atoms with Crippen molar-refractivity contribution in [3.05, 3.63) is 65.7 Å². The highest BCUT2D eigenvalue weighted by Crippen LogP contribution is 2.18. The summed E-state index contributed by atoms with van der Waals surface area (Å²) in [5.41, 5.74) is 8.36. The zero-order chi connectivity index (χ0) is 13.0. The number of benzene rings is 2. The van der Waals surface area contributed by atoms with E-state index in [1.54, 1.807) is 0 Å². The Hall–Kier alpha value is -1.45. The highest BCUT2D eigenvalue weighted by atomic mass is 32.2. The van der Waals surface area contributed by atoms with Crippen LogP contribution in [0.25, 0.3) is 0 Å². The summed E-state index contributed by atoms with van der Waals surface area (Å²) in [5, 5.41) is 0. The highest BCUT2D eigenvalue weighted by Gasteiger charge is 2.13. The van der Waals surface area contributed by atoms with Gasteiger partial charge in [0.05, 0.1) is 10.8 Å². The molecule has 3 heteroatoms. The van der Waals surface area contributed by atoms with Crippen LogP contribution in [0.15, 0.2) is 59.5 Å². The Bertz CT molecular complexity index is 539. The SMILES string of the molecule is Cc1ccccc1C(N)CS(=O)c1ccccc1. The van der Waals surface area contributed by atoms with Crippen molar-refractivity contribution in [2.24, 2.45) is 5.73 Å². The molecule has 0 heterocycles. The van der Waals surface area contributed by atoms with Gasteiger partial charge in [-0.3, -0.25) is 4.21 Å². The number of nitrogens with two attached hydrogens (primary N) is 1. The summed E-state index contributed by atoms with van der Waals surface area (Å²) >= 11 is 0. The van der Waals surface area contributed by atoms with Gasteiger partial charge < -0.3 is 5.73 Å². The fraction of sp³-hybridized carbons (Fsp3) is 0.200. The van der Waals surface area contributed by atoms with E-state index in [1.165, 1.54) is 0 Å². The van der Waals surface area contributed by atoms with Crippen LogP contribution in [0.5, 0.6) is 0 Å². The van der Waals surface area contributed by atoms with E-state index in [4.69, 9.17) is 5.73 Å². The Balaban J connectivity index is 2.11. The third-order valence-electron chi connectivity index (χ3n) is 2.92. The molecule has 2 N–H and O–H groups in total. The summed E-state index contributed by atoms with van der Waals surface area (Å²) in [6, 6.07) is 17.3. The first kappa shape index (κ1) is 13.0. The van der Waals surface area contributed by atoms with E-state index in [-0.39, 0.29) is 6.04 Å². The van der Waals surface area contributed by atoms with Gasteiger partial charge in [0.2, 0.25) is 0 Å². The summed E-state index contributed by atoms with van der Waals surface area (Å²) in [6.45, 7) is 2.03. The van der Waals surface area contributed by atoms with Gasteiger partial charge in [-0.05, 0) is 30.2 Å². The van der Waals surface area contributed by atoms with Crippen LogP contribution in [0.3, 0.4) is 0 Å². The van der Waals surface area contributed by atoms with E-state index in [0.717, 1.165) is 16.0 Å². The lowest BCUT2D eigenvalue weighted by atomic mass is 10.0. The zero-order valence-corrected chi connectivity index (χ0v) is 11.2. The molecule has 0 aliphatic rings. The van der Waals surface area contributed by atoms with Crippen LogP contribution in [0.4, 0.5) is 0 Å². The molecule has 0 aromatic heterocycles. The van der Waals surface area contributed by atoms with E-state index >= 15 is 0 Å². The van der Waals surface area contributed by atoms with Gasteiger partial charge in [0.25, 0.3) is 0 Å². The third kappa shape index (κ3) is 3.06. The van der Waals surface area contributed by atoms with Crippen LogP contribution in [-0.4, -0.2) is 9.96 Å². The van der Waals surface area contributed by atoms with Crippen LogP contribution < -0.4 is 5.73 Å². The van der Waals surface area contributed by atoms with Crippen LogP contribution in [-0.2, 0) is 10.8 Å². The standard InChI is InChI=1S/C15H17NOS/c1-12-7-5-6-10-14(12)15(16)11-18(17)13-8-3-2-4-9-13/h2-10,15H,11,16H2,1H3. The predicted octanol–water partition coefficient (Wildman–Crippen LogP) is 2.80. The van der Waals surface area contributed by atoms with Crippen LogP contribution >= 0.6 is 0 Å². The Kier molecular flexibility index (Phi) is 4.28. The second-order valence-corrected chi connectivity index (χ2v) is 5.78. The smallest absolute Gasteiger partial charge is 0.0548 e. The van der Waals surface area contributed by atoms with Gasteiger partial charge in [-0.1, -0.05) is 42.5 Å². The van der Waals surface area contributed by atoms with Crippen LogP contribution in [0.1, 0.15) is 17.2 Å². The molecule has 2 atom stereocenters. The van der Waals surface area contributed by atoms with E-state index in [9.17, 15) is 4.21 Å². The van der Waals surface area contributed by atoms with Crippen molar-refractivity contribution in [3.63, 3.8) is 0 Å². The second kappa shape index (κ2) is 5.94. The van der Waals surface area contributed by atoms with Gasteiger partial charge in [-0.25, -0.2) is 0 Å². The maximum Gasteiger partial charge on any atom is 0.0548 e. The molecule has 0 spiro atoms. The zero-order valence-electron chi connectivity index (χ0n) is 10.4. The number of hydrogen-bond donors (Lipinski definition) is 1. The van der Waals surface area contributed by atoms with Gasteiger partial charge in [0, 0.05) is 16.7 Å². The van der Waals surface area contributed by atoms with Crippen molar-refractivity contribution in [2.75, 3.05) is 5.75 Å². The average Bonchev–Trinajstić information content (AvgIpc) is 2.40. The lowest BCUT2D eigenvalue weighted by Crippen LogP contribution is -2.19. The first-order chi connectivity index (χ1) is 8.68. The van der Waals surface area contributed by atoms with E-state index < -0.39 is 10.8 Å². The second-order valence-electron chi connectivity index (χ2n) is 4.29. The molecule has 0 aliphatic heterocycles. The molecule has 0 bridgehead atoms. The van der Waals surface area contributed by atoms with E-state index in [1.807, 2.05) is 61.5 Å². The molecular formula is C15H17NOS. The molecular weight excluding hydrogens is 242 g/mol. The molecule has 0 radical (unpaired) electrons. The van der Waals surface area contributed by atoms with Crippen molar-refractivity contribution in [1.82, 2.24) is 0 Å². The molecule has 2 aromatic carbocycles. The third-order valence-corrected chi connectivity index (χ3v) is 4.38. The van der Waals surface area contributed by atoms with Crippen molar-refractivity contribution in [1.29, 1.82) is 0 Å². The minimum absolute atomic E-state index is 0.188. The number of aryl methyl sites for hydroxylation is 1. The Morgan fingerprint density at radius 2 is 1.67 bits per heavy atom. The largest absolute Gasteiger partial charge is 0.323 e. The topological polar surface area (TPSA) is 43.1 Å². The average molecular weight is 259 g/mol. The lowest BCUT2D eigenvalue weighted by Gasteiger charge is -2.14. The van der Waals surface area contributed by atoms with E-state index in [0.29, 0.717) is 5.75 Å². The summed E-state index contributed by atoms with van der Waals surface area (Å²) < 4.78 is 12.2. The monoisotopic (exact) mass is 259 g/mol. The Morgan fingerprint density at radius 1 is 1.06 bits per heavy atom. The quantitative estimate of drug-likeness (QED) is 0.917. The summed E-state index contributed by atoms with van der Waals surface area (Å²) in [7, 11) is -1.05. The maximum atomic E-state index is 12.2. The van der Waals surface area contributed by atoms with Crippen molar-refractivity contribution in [3.8, 4) is 0 Å². The molecule has 0 amide bonds. The van der Waals surface area contributed by atoms with Gasteiger partial charge in [0.15, 0.2) is 0 Å². The number of hydrogen-bond acceptors (Lipinski definition) is 2. The van der Waals surface area contributed by atoms with Gasteiger partial charge >= 0.3 is 0 Å². The molecule has 2 nitrogen and oxygen atoms in total. The Morgan fingerprint density at radius 3 is 2.33 bits per heavy atom. The first-order valence-electron chi connectivity index (χ1n) is 5.93. The van der Waals surface area contributed by atoms with Crippen molar-refractivity contribution in [2.45, 2.75) is 17.9 Å². The van der Waals surface area contributed by atoms with E-state index in [2.05, 4.69) is 0 Å². The van der Waals surface area contributed by atoms with Gasteiger partial charge in [-0.2, -0.15) is 0 Å². The lowest BCUT2D eigenvalue weighted by molar-refractivity contribution is 0.675. The molecule has 18 heavy (non-hydrogen) atoms.